The first-order valence-electron chi connectivity index (χ1n) is 16.8. The molecule has 0 aliphatic carbocycles. The van der Waals surface area contributed by atoms with Gasteiger partial charge in [0, 0.05) is 31.6 Å². The Kier molecular flexibility index (Phi) is 12.8. The number of esters is 3. The molecule has 0 saturated carbocycles. The molecule has 3 aliphatic rings. The lowest BCUT2D eigenvalue weighted by atomic mass is 9.73. The van der Waals surface area contributed by atoms with Gasteiger partial charge in [-0.1, -0.05) is 27.7 Å². The smallest absolute Gasteiger partial charge is 0.316 e. The lowest BCUT2D eigenvalue weighted by molar-refractivity contribution is -0.297. The Labute approximate surface area is 289 Å². The second-order valence-corrected chi connectivity index (χ2v) is 14.7. The Hall–Kier alpha value is -2.68. The van der Waals surface area contributed by atoms with Gasteiger partial charge < -0.3 is 38.6 Å². The summed E-state index contributed by atoms with van der Waals surface area (Å²) in [5.41, 5.74) is -2.80. The number of thiocarbonyl (C=S) groups is 1. The van der Waals surface area contributed by atoms with Crippen molar-refractivity contribution in [1.82, 2.24) is 10.2 Å². The van der Waals surface area contributed by atoms with E-state index in [1.807, 2.05) is 32.8 Å². The van der Waals surface area contributed by atoms with Gasteiger partial charge in [-0.15, -0.1) is 0 Å². The molecule has 1 N–H and O–H groups in total. The van der Waals surface area contributed by atoms with E-state index in [-0.39, 0.29) is 29.5 Å². The Balaban J connectivity index is 2.19. The average Bonchev–Trinajstić information content (AvgIpc) is 3.30. The molecule has 0 spiro atoms. The number of fused-ring (bicyclic) bond motifs is 1. The van der Waals surface area contributed by atoms with Gasteiger partial charge in [0.2, 0.25) is 0 Å². The summed E-state index contributed by atoms with van der Waals surface area (Å²) in [5.74, 6) is -6.48. The third-order valence-electron chi connectivity index (χ3n) is 10.1. The number of nitrogens with one attached hydrogen (secondary N) is 1. The number of hydrogen-bond donors (Lipinski definition) is 1. The summed E-state index contributed by atoms with van der Waals surface area (Å²) < 4.78 is 36.6. The molecule has 14 heteroatoms. The minimum atomic E-state index is -1.59. The third kappa shape index (κ3) is 8.36. The normalized spacial score (nSPS) is 41.4. The van der Waals surface area contributed by atoms with Crippen molar-refractivity contribution in [3.63, 3.8) is 0 Å². The number of likely N-dealkylation sites (N-methyl/N-ethyl adjacent to an activating group) is 1. The van der Waals surface area contributed by atoms with Crippen LogP contribution in [0, 0.1) is 23.7 Å². The van der Waals surface area contributed by atoms with Gasteiger partial charge in [-0.25, -0.2) is 0 Å². The molecule has 3 rings (SSSR count). The highest BCUT2D eigenvalue weighted by molar-refractivity contribution is 7.80. The molecule has 0 bridgehead atoms. The standard InChI is InChI=1S/C34H54N2O11S/c1-13-24-34(10)28(35-32(48)47-34)18(4)25(39)16(2)15-33(9,46-22(8)38)29(19(5)26(40)20(6)30(41)44-24)45-31-27(43-21(7)37)23(36(11)12)14-17(3)42-31/h16-20,23-24,27-29,31H,13-15H2,1-12H3,(H,35,48)/t16-,17-,18+,19+,20-,23+,24-,27-,28-,29-,31+,33-,34-/m1/s1. The monoisotopic (exact) mass is 698 g/mol. The predicted molar refractivity (Wildman–Crippen MR) is 177 cm³/mol. The number of rotatable bonds is 6. The van der Waals surface area contributed by atoms with Crippen LogP contribution in [0.5, 0.6) is 0 Å². The number of carbonyl (C=O) groups is 5. The van der Waals surface area contributed by atoms with E-state index in [4.69, 9.17) is 40.6 Å². The molecule has 0 aromatic rings. The van der Waals surface area contributed by atoms with Crippen molar-refractivity contribution in [1.29, 1.82) is 0 Å². The molecular formula is C34H54N2O11S. The second-order valence-electron chi connectivity index (χ2n) is 14.4. The topological polar surface area (TPSA) is 156 Å². The largest absolute Gasteiger partial charge is 0.459 e. The average molecular weight is 699 g/mol. The number of Topliss-reactive ketones (excluding diaryl/α,β-unsaturated/α-hetero) is 2. The quantitative estimate of drug-likeness (QED) is 0.187. The van der Waals surface area contributed by atoms with E-state index >= 15 is 0 Å². The van der Waals surface area contributed by atoms with Crippen LogP contribution in [0.2, 0.25) is 0 Å². The van der Waals surface area contributed by atoms with E-state index in [2.05, 4.69) is 5.32 Å². The Bertz CT molecular complexity index is 1260. The number of ketones is 2. The first-order chi connectivity index (χ1) is 22.2. The van der Waals surface area contributed by atoms with Gasteiger partial charge in [0.15, 0.2) is 23.8 Å². The fraction of sp³-hybridized carbons (Fsp3) is 0.824. The molecule has 13 nitrogen and oxygen atoms in total. The first-order valence-corrected chi connectivity index (χ1v) is 17.2. The van der Waals surface area contributed by atoms with Crippen LogP contribution < -0.4 is 5.32 Å². The summed E-state index contributed by atoms with van der Waals surface area (Å²) in [4.78, 5) is 69.0. The zero-order valence-electron chi connectivity index (χ0n) is 30.3. The SMILES string of the molecule is CC[C@H]1OC(=O)[C@H](C)C(=O)[C@H](C)[C@@H](O[C@@H]2O[C@H](C)C[C@H](N(C)C)[C@H]2OC(C)=O)[C@](C)(OC(C)=O)C[C@@H](C)C(=O)[C@H](C)[C@H]2NC(=S)O[C@@]21C. The maximum Gasteiger partial charge on any atom is 0.316 e. The summed E-state index contributed by atoms with van der Waals surface area (Å²) in [5, 5.41) is 3.17. The van der Waals surface area contributed by atoms with Crippen molar-refractivity contribution < 1.29 is 52.4 Å². The Morgan fingerprint density at radius 1 is 1.00 bits per heavy atom. The minimum absolute atomic E-state index is 0.0412. The van der Waals surface area contributed by atoms with E-state index in [9.17, 15) is 24.0 Å². The fourth-order valence-electron chi connectivity index (χ4n) is 7.72. The molecular weight excluding hydrogens is 644 g/mol. The van der Waals surface area contributed by atoms with Crippen molar-refractivity contribution in [3.05, 3.63) is 0 Å². The Morgan fingerprint density at radius 3 is 2.17 bits per heavy atom. The van der Waals surface area contributed by atoms with Crippen molar-refractivity contribution in [2.24, 2.45) is 23.7 Å². The maximum atomic E-state index is 14.2. The van der Waals surface area contributed by atoms with Gasteiger partial charge >= 0.3 is 17.9 Å². The number of hydrogen-bond acceptors (Lipinski definition) is 13. The summed E-state index contributed by atoms with van der Waals surface area (Å²) in [6.07, 6.45) is -3.70. The molecule has 3 fully saturated rings. The summed E-state index contributed by atoms with van der Waals surface area (Å²) >= 11 is 5.35. The highest BCUT2D eigenvalue weighted by Gasteiger charge is 2.57. The summed E-state index contributed by atoms with van der Waals surface area (Å²) in [7, 11) is 3.69. The Morgan fingerprint density at radius 2 is 1.62 bits per heavy atom. The molecule has 3 saturated heterocycles. The number of cyclic esters (lactones) is 1. The van der Waals surface area contributed by atoms with E-state index < -0.39 is 89.2 Å². The van der Waals surface area contributed by atoms with E-state index in [0.29, 0.717) is 12.8 Å². The van der Waals surface area contributed by atoms with E-state index in [1.54, 1.807) is 34.6 Å². The van der Waals surface area contributed by atoms with Crippen LogP contribution in [-0.4, -0.2) is 108 Å². The molecule has 3 heterocycles. The predicted octanol–water partition coefficient (Wildman–Crippen LogP) is 3.13. The molecule has 0 radical (unpaired) electrons. The molecule has 0 aromatic carbocycles. The van der Waals surface area contributed by atoms with E-state index in [0.717, 1.165) is 0 Å². The summed E-state index contributed by atoms with van der Waals surface area (Å²) in [6.45, 7) is 16.0. The summed E-state index contributed by atoms with van der Waals surface area (Å²) in [6, 6.07) is -0.975. The number of carbonyl (C=O) groups excluding carboxylic acids is 5. The van der Waals surface area contributed by atoms with E-state index in [1.165, 1.54) is 20.8 Å². The van der Waals surface area contributed by atoms with Crippen molar-refractivity contribution >= 4 is 46.9 Å². The maximum absolute atomic E-state index is 14.2. The van der Waals surface area contributed by atoms with Crippen LogP contribution in [0.15, 0.2) is 0 Å². The van der Waals surface area contributed by atoms with Crippen LogP contribution >= 0.6 is 12.2 Å². The highest BCUT2D eigenvalue weighted by atomic mass is 32.1. The zero-order valence-corrected chi connectivity index (χ0v) is 31.1. The first kappa shape index (κ1) is 39.8. The van der Waals surface area contributed by atoms with Crippen molar-refractivity contribution in [2.75, 3.05) is 14.1 Å². The molecule has 13 atom stereocenters. The van der Waals surface area contributed by atoms with Gasteiger partial charge in [-0.2, -0.15) is 0 Å². The van der Waals surface area contributed by atoms with Crippen LogP contribution in [-0.2, 0) is 52.4 Å². The van der Waals surface area contributed by atoms with Gasteiger partial charge in [0.05, 0.1) is 18.2 Å². The van der Waals surface area contributed by atoms with Crippen LogP contribution in [0.25, 0.3) is 0 Å². The molecule has 272 valence electrons. The van der Waals surface area contributed by atoms with Gasteiger partial charge in [-0.3, -0.25) is 24.0 Å². The van der Waals surface area contributed by atoms with Gasteiger partial charge in [0.1, 0.15) is 29.5 Å². The number of nitrogens with zero attached hydrogens (tertiary/aromatic N) is 1. The number of ether oxygens (including phenoxy) is 6. The minimum Gasteiger partial charge on any atom is -0.459 e. The molecule has 0 aromatic heterocycles. The highest BCUT2D eigenvalue weighted by Crippen LogP contribution is 2.40. The van der Waals surface area contributed by atoms with Gasteiger partial charge in [-0.05, 0) is 73.3 Å². The lowest BCUT2D eigenvalue weighted by Gasteiger charge is -2.47. The zero-order chi connectivity index (χ0) is 36.5. The second kappa shape index (κ2) is 15.5. The fourth-order valence-corrected chi connectivity index (χ4v) is 8.02. The molecule has 48 heavy (non-hydrogen) atoms. The van der Waals surface area contributed by atoms with Crippen LogP contribution in [0.4, 0.5) is 0 Å². The third-order valence-corrected chi connectivity index (χ3v) is 10.3. The molecule has 3 aliphatic heterocycles. The van der Waals surface area contributed by atoms with Crippen molar-refractivity contribution in [2.45, 2.75) is 142 Å². The van der Waals surface area contributed by atoms with Crippen LogP contribution in [0.1, 0.15) is 88.5 Å². The molecule has 0 amide bonds. The lowest BCUT2D eigenvalue weighted by Crippen LogP contribution is -2.61. The molecule has 0 unspecified atom stereocenters. The van der Waals surface area contributed by atoms with Gasteiger partial charge in [0.25, 0.3) is 5.17 Å². The van der Waals surface area contributed by atoms with Crippen LogP contribution in [0.3, 0.4) is 0 Å². The van der Waals surface area contributed by atoms with Crippen molar-refractivity contribution in [3.8, 4) is 0 Å².